The molecule has 15 heavy (non-hydrogen) atoms. The van der Waals surface area contributed by atoms with Gasteiger partial charge in [-0.2, -0.15) is 8.78 Å². The van der Waals surface area contributed by atoms with Crippen molar-refractivity contribution in [3.63, 3.8) is 0 Å². The van der Waals surface area contributed by atoms with Crippen LogP contribution in [0.2, 0.25) is 0 Å². The molecule has 0 aliphatic carbocycles. The molecule has 0 heterocycles. The average Bonchev–Trinajstić information content (AvgIpc) is 2.03. The number of sulfone groups is 2. The lowest BCUT2D eigenvalue weighted by atomic mass is 10.6. The van der Waals surface area contributed by atoms with Crippen molar-refractivity contribution >= 4 is 19.7 Å². The van der Waals surface area contributed by atoms with E-state index in [0.29, 0.717) is 0 Å². The fraction of sp³-hybridized carbons (Fsp3) is 1.00. The minimum Gasteiger partial charge on any atom is -0.221 e. The maximum absolute atomic E-state index is 13.2. The minimum atomic E-state index is -4.91. The molecule has 0 rings (SSSR count). The summed E-state index contributed by atoms with van der Waals surface area (Å²) >= 11 is 0. The molecule has 0 aromatic carbocycles. The third-order valence-electron chi connectivity index (χ3n) is 1.67. The first kappa shape index (κ1) is 14.8. The van der Waals surface area contributed by atoms with Crippen molar-refractivity contribution in [2.24, 2.45) is 0 Å². The van der Waals surface area contributed by atoms with Gasteiger partial charge in [0, 0.05) is 0 Å². The lowest BCUT2D eigenvalue weighted by Crippen LogP contribution is -2.40. The quantitative estimate of drug-likeness (QED) is 0.722. The summed E-state index contributed by atoms with van der Waals surface area (Å²) in [6, 6.07) is 0. The van der Waals surface area contributed by atoms with Gasteiger partial charge >= 0.3 is 4.59 Å². The van der Waals surface area contributed by atoms with Crippen molar-refractivity contribution in [1.82, 2.24) is 0 Å². The lowest BCUT2D eigenvalue weighted by Gasteiger charge is -2.16. The summed E-state index contributed by atoms with van der Waals surface area (Å²) in [5.41, 5.74) is 0. The predicted molar refractivity (Wildman–Crippen MR) is 53.1 cm³/mol. The van der Waals surface area contributed by atoms with E-state index in [1.165, 1.54) is 13.8 Å². The van der Waals surface area contributed by atoms with Crippen LogP contribution < -0.4 is 0 Å². The van der Waals surface area contributed by atoms with Gasteiger partial charge in [0.05, 0.1) is 11.5 Å². The number of hydrogen-bond donors (Lipinski definition) is 0. The molecule has 0 aliphatic rings. The van der Waals surface area contributed by atoms with Crippen LogP contribution in [0.1, 0.15) is 26.7 Å². The molecular weight excluding hydrogens is 250 g/mol. The Balaban J connectivity index is 5.32. The Morgan fingerprint density at radius 3 is 1.33 bits per heavy atom. The molecule has 4 nitrogen and oxygen atoms in total. The maximum Gasteiger partial charge on any atom is 0.444 e. The van der Waals surface area contributed by atoms with Crippen molar-refractivity contribution in [3.05, 3.63) is 0 Å². The molecule has 92 valence electrons. The fourth-order valence-electron chi connectivity index (χ4n) is 0.969. The van der Waals surface area contributed by atoms with Gasteiger partial charge in [-0.1, -0.05) is 13.8 Å². The number of halogens is 2. The van der Waals surface area contributed by atoms with Gasteiger partial charge in [0.2, 0.25) is 19.7 Å². The second-order valence-electron chi connectivity index (χ2n) is 3.10. The summed E-state index contributed by atoms with van der Waals surface area (Å²) in [4.78, 5) is 0. The van der Waals surface area contributed by atoms with Crippen LogP contribution in [0.5, 0.6) is 0 Å². The van der Waals surface area contributed by atoms with E-state index in [1.54, 1.807) is 0 Å². The van der Waals surface area contributed by atoms with Gasteiger partial charge in [-0.05, 0) is 12.8 Å². The van der Waals surface area contributed by atoms with E-state index < -0.39 is 35.8 Å². The summed E-state index contributed by atoms with van der Waals surface area (Å²) in [7, 11) is -9.82. The van der Waals surface area contributed by atoms with Gasteiger partial charge in [0.25, 0.3) is 0 Å². The van der Waals surface area contributed by atoms with Gasteiger partial charge < -0.3 is 0 Å². The number of rotatable bonds is 6. The summed E-state index contributed by atoms with van der Waals surface area (Å²) in [5, 5.41) is 0. The zero-order valence-electron chi connectivity index (χ0n) is 8.53. The van der Waals surface area contributed by atoms with E-state index >= 15 is 0 Å². The van der Waals surface area contributed by atoms with Gasteiger partial charge in [0.15, 0.2) is 0 Å². The van der Waals surface area contributed by atoms with Crippen molar-refractivity contribution < 1.29 is 25.6 Å². The SMILES string of the molecule is CCCS(=O)(=O)C(F)(F)S(=O)(=O)CCC. The Kier molecular flexibility index (Phi) is 4.66. The molecule has 0 saturated heterocycles. The average molecular weight is 264 g/mol. The van der Waals surface area contributed by atoms with Crippen molar-refractivity contribution in [3.8, 4) is 0 Å². The summed E-state index contributed by atoms with van der Waals surface area (Å²) < 4.78 is 65.9. The first-order valence-corrected chi connectivity index (χ1v) is 7.75. The summed E-state index contributed by atoms with van der Waals surface area (Å²) in [5.74, 6) is -1.66. The Hall–Kier alpha value is -0.240. The number of alkyl halides is 2. The van der Waals surface area contributed by atoms with Crippen LogP contribution in [-0.4, -0.2) is 32.9 Å². The molecule has 0 aliphatic heterocycles. The first-order chi connectivity index (χ1) is 6.62. The van der Waals surface area contributed by atoms with Crippen LogP contribution in [0.3, 0.4) is 0 Å². The molecule has 0 amide bonds. The molecule has 0 bridgehead atoms. The van der Waals surface area contributed by atoms with Crippen LogP contribution in [0.25, 0.3) is 0 Å². The molecule has 0 N–H and O–H groups in total. The van der Waals surface area contributed by atoms with E-state index in [1.807, 2.05) is 0 Å². The molecule has 0 atom stereocenters. The van der Waals surface area contributed by atoms with E-state index in [0.717, 1.165) is 0 Å². The molecule has 0 aromatic heterocycles. The largest absolute Gasteiger partial charge is 0.444 e. The van der Waals surface area contributed by atoms with Gasteiger partial charge in [0.1, 0.15) is 0 Å². The van der Waals surface area contributed by atoms with E-state index in [4.69, 9.17) is 0 Å². The van der Waals surface area contributed by atoms with Gasteiger partial charge in [-0.3, -0.25) is 0 Å². The lowest BCUT2D eigenvalue weighted by molar-refractivity contribution is 0.180. The van der Waals surface area contributed by atoms with Gasteiger partial charge in [-0.15, -0.1) is 0 Å². The molecule has 0 unspecified atom stereocenters. The molecule has 0 spiro atoms. The Morgan fingerprint density at radius 1 is 0.867 bits per heavy atom. The molecule has 0 saturated carbocycles. The van der Waals surface area contributed by atoms with E-state index in [9.17, 15) is 25.6 Å². The second kappa shape index (κ2) is 4.73. The third kappa shape index (κ3) is 2.87. The maximum atomic E-state index is 13.2. The van der Waals surface area contributed by atoms with E-state index in [-0.39, 0.29) is 12.8 Å². The number of hydrogen-bond acceptors (Lipinski definition) is 4. The molecule has 8 heteroatoms. The first-order valence-electron chi connectivity index (χ1n) is 4.44. The van der Waals surface area contributed by atoms with Crippen molar-refractivity contribution in [1.29, 1.82) is 0 Å². The smallest absolute Gasteiger partial charge is 0.221 e. The Bertz CT molecular complexity index is 359. The Labute approximate surface area is 88.5 Å². The second-order valence-corrected chi connectivity index (χ2v) is 7.66. The van der Waals surface area contributed by atoms with Crippen molar-refractivity contribution in [2.45, 2.75) is 31.3 Å². The molecule has 0 fully saturated rings. The highest BCUT2D eigenvalue weighted by molar-refractivity contribution is 8.09. The highest BCUT2D eigenvalue weighted by atomic mass is 32.3. The fourth-order valence-corrected chi connectivity index (χ4v) is 4.57. The van der Waals surface area contributed by atoms with Crippen LogP contribution in [0, 0.1) is 0 Å². The zero-order chi connectivity index (χ0) is 12.3. The van der Waals surface area contributed by atoms with Gasteiger partial charge in [-0.25, -0.2) is 16.8 Å². The molecular formula is C7H14F2O4S2. The standard InChI is InChI=1S/C7H14F2O4S2/c1-3-5-14(10,11)7(8,9)15(12,13)6-4-2/h3-6H2,1-2H3. The van der Waals surface area contributed by atoms with Crippen LogP contribution in [0.15, 0.2) is 0 Å². The normalized spacial score (nSPS) is 14.1. The van der Waals surface area contributed by atoms with Crippen molar-refractivity contribution in [2.75, 3.05) is 11.5 Å². The highest BCUT2D eigenvalue weighted by Gasteiger charge is 2.55. The van der Waals surface area contributed by atoms with Crippen LogP contribution >= 0.6 is 0 Å². The highest BCUT2D eigenvalue weighted by Crippen LogP contribution is 2.30. The molecule has 0 radical (unpaired) electrons. The van der Waals surface area contributed by atoms with Crippen LogP contribution in [-0.2, 0) is 19.7 Å². The zero-order valence-corrected chi connectivity index (χ0v) is 10.2. The Morgan fingerprint density at radius 2 is 1.13 bits per heavy atom. The minimum absolute atomic E-state index is 0.0421. The summed E-state index contributed by atoms with van der Waals surface area (Å²) in [6.07, 6.45) is -0.0842. The molecule has 0 aromatic rings. The predicted octanol–water partition coefficient (Wildman–Crippen LogP) is 1.19. The third-order valence-corrected chi connectivity index (χ3v) is 6.53. The van der Waals surface area contributed by atoms with E-state index in [2.05, 4.69) is 0 Å². The monoisotopic (exact) mass is 264 g/mol. The topological polar surface area (TPSA) is 68.3 Å². The summed E-state index contributed by atoms with van der Waals surface area (Å²) in [6.45, 7) is 2.78. The van der Waals surface area contributed by atoms with Crippen LogP contribution in [0.4, 0.5) is 8.78 Å².